The van der Waals surface area contributed by atoms with Crippen LogP contribution in [0.25, 0.3) is 0 Å². The van der Waals surface area contributed by atoms with E-state index in [9.17, 15) is 4.39 Å². The van der Waals surface area contributed by atoms with E-state index in [2.05, 4.69) is 6.08 Å². The van der Waals surface area contributed by atoms with E-state index in [4.69, 9.17) is 5.73 Å². The fraction of sp³-hybridized carbons (Fsp3) is 0.467. The molecule has 1 aliphatic carbocycles. The van der Waals surface area contributed by atoms with Gasteiger partial charge < -0.3 is 5.73 Å². The normalized spacial score (nSPS) is 17.7. The Bertz CT molecular complexity index is 423. The molecule has 1 nitrogen and oxygen atoms in total. The van der Waals surface area contributed by atoms with Gasteiger partial charge in [-0.15, -0.1) is 0 Å². The summed E-state index contributed by atoms with van der Waals surface area (Å²) in [5.74, 6) is -0.181. The lowest BCUT2D eigenvalue weighted by Crippen LogP contribution is -2.14. The van der Waals surface area contributed by atoms with Gasteiger partial charge in [0.15, 0.2) is 0 Å². The van der Waals surface area contributed by atoms with Gasteiger partial charge in [-0.05, 0) is 45.1 Å². The molecular weight excluding hydrogens is 213 g/mol. The summed E-state index contributed by atoms with van der Waals surface area (Å²) >= 11 is 0. The van der Waals surface area contributed by atoms with Crippen molar-refractivity contribution in [3.05, 3.63) is 46.8 Å². The maximum absolute atomic E-state index is 13.7. The monoisotopic (exact) mass is 233 g/mol. The lowest BCUT2D eigenvalue weighted by atomic mass is 9.91. The van der Waals surface area contributed by atoms with Crippen LogP contribution in [0.2, 0.25) is 0 Å². The van der Waals surface area contributed by atoms with Gasteiger partial charge in [-0.1, -0.05) is 29.3 Å². The third-order valence-corrected chi connectivity index (χ3v) is 3.42. The van der Waals surface area contributed by atoms with Crippen LogP contribution in [0.1, 0.15) is 49.3 Å². The van der Waals surface area contributed by atoms with Gasteiger partial charge >= 0.3 is 0 Å². The molecule has 17 heavy (non-hydrogen) atoms. The molecule has 1 aromatic rings. The molecule has 2 heteroatoms. The highest BCUT2D eigenvalue weighted by molar-refractivity contribution is 5.28. The molecule has 1 aliphatic rings. The SMILES string of the molecule is Cc1ccc(F)c(C(N)CC2=CCCCC2)c1. The van der Waals surface area contributed by atoms with Crippen LogP contribution in [0.5, 0.6) is 0 Å². The third kappa shape index (κ3) is 3.16. The fourth-order valence-electron chi connectivity index (χ4n) is 2.43. The molecule has 0 spiro atoms. The lowest BCUT2D eigenvalue weighted by molar-refractivity contribution is 0.567. The Morgan fingerprint density at radius 2 is 2.18 bits per heavy atom. The number of nitrogens with two attached hydrogens (primary N) is 1. The van der Waals surface area contributed by atoms with E-state index in [-0.39, 0.29) is 11.9 Å². The van der Waals surface area contributed by atoms with E-state index in [0.717, 1.165) is 24.8 Å². The molecule has 1 aromatic carbocycles. The minimum atomic E-state index is -0.209. The molecule has 0 saturated heterocycles. The summed E-state index contributed by atoms with van der Waals surface area (Å²) in [4.78, 5) is 0. The van der Waals surface area contributed by atoms with Crippen LogP contribution in [-0.4, -0.2) is 0 Å². The molecule has 1 unspecified atom stereocenters. The number of hydrogen-bond donors (Lipinski definition) is 1. The Labute approximate surface area is 103 Å². The summed E-state index contributed by atoms with van der Waals surface area (Å²) in [5.41, 5.74) is 9.22. The van der Waals surface area contributed by atoms with Gasteiger partial charge in [0.25, 0.3) is 0 Å². The topological polar surface area (TPSA) is 26.0 Å². The zero-order valence-corrected chi connectivity index (χ0v) is 10.4. The highest BCUT2D eigenvalue weighted by atomic mass is 19.1. The van der Waals surface area contributed by atoms with Crippen molar-refractivity contribution in [2.75, 3.05) is 0 Å². The molecule has 0 saturated carbocycles. The van der Waals surface area contributed by atoms with Gasteiger partial charge in [-0.2, -0.15) is 0 Å². The fourth-order valence-corrected chi connectivity index (χ4v) is 2.43. The number of aryl methyl sites for hydroxylation is 1. The van der Waals surface area contributed by atoms with Crippen molar-refractivity contribution in [3.63, 3.8) is 0 Å². The van der Waals surface area contributed by atoms with Gasteiger partial charge in [0.1, 0.15) is 5.82 Å². The molecule has 0 radical (unpaired) electrons. The van der Waals surface area contributed by atoms with Crippen LogP contribution in [0.4, 0.5) is 4.39 Å². The van der Waals surface area contributed by atoms with Crippen molar-refractivity contribution >= 4 is 0 Å². The van der Waals surface area contributed by atoms with Crippen LogP contribution in [0, 0.1) is 12.7 Å². The van der Waals surface area contributed by atoms with E-state index in [1.54, 1.807) is 6.07 Å². The van der Waals surface area contributed by atoms with E-state index < -0.39 is 0 Å². The van der Waals surface area contributed by atoms with Crippen LogP contribution in [-0.2, 0) is 0 Å². The quantitative estimate of drug-likeness (QED) is 0.784. The molecule has 0 aliphatic heterocycles. The van der Waals surface area contributed by atoms with Crippen molar-refractivity contribution < 1.29 is 4.39 Å². The number of rotatable bonds is 3. The smallest absolute Gasteiger partial charge is 0.128 e. The van der Waals surface area contributed by atoms with Crippen molar-refractivity contribution in [3.8, 4) is 0 Å². The average molecular weight is 233 g/mol. The first-order valence-electron chi connectivity index (χ1n) is 6.36. The Morgan fingerprint density at radius 3 is 2.88 bits per heavy atom. The van der Waals surface area contributed by atoms with Crippen LogP contribution < -0.4 is 5.73 Å². The first kappa shape index (κ1) is 12.3. The summed E-state index contributed by atoms with van der Waals surface area (Å²) < 4.78 is 13.7. The molecule has 92 valence electrons. The molecule has 0 heterocycles. The van der Waals surface area contributed by atoms with Crippen molar-refractivity contribution in [2.24, 2.45) is 5.73 Å². The van der Waals surface area contributed by atoms with Gasteiger partial charge in [-0.25, -0.2) is 4.39 Å². The van der Waals surface area contributed by atoms with E-state index in [1.807, 2.05) is 13.0 Å². The zero-order chi connectivity index (χ0) is 12.3. The van der Waals surface area contributed by atoms with E-state index in [0.29, 0.717) is 5.56 Å². The standard InChI is InChI=1S/C15H20FN/c1-11-7-8-14(16)13(9-11)15(17)10-12-5-3-2-4-6-12/h5,7-9,15H,2-4,6,10,17H2,1H3. The molecule has 1 atom stereocenters. The first-order valence-corrected chi connectivity index (χ1v) is 6.36. The van der Waals surface area contributed by atoms with Crippen LogP contribution in [0.15, 0.2) is 29.8 Å². The highest BCUT2D eigenvalue weighted by Gasteiger charge is 2.14. The summed E-state index contributed by atoms with van der Waals surface area (Å²) in [7, 11) is 0. The summed E-state index contributed by atoms with van der Waals surface area (Å²) in [6, 6.07) is 4.95. The van der Waals surface area contributed by atoms with Crippen LogP contribution in [0.3, 0.4) is 0 Å². The van der Waals surface area contributed by atoms with Gasteiger partial charge in [0.2, 0.25) is 0 Å². The number of halogens is 1. The Kier molecular flexibility index (Phi) is 3.95. The van der Waals surface area contributed by atoms with Crippen LogP contribution >= 0.6 is 0 Å². The number of allylic oxidation sites excluding steroid dienone is 1. The Balaban J connectivity index is 2.10. The summed E-state index contributed by atoms with van der Waals surface area (Å²) in [5, 5.41) is 0. The molecule has 0 aromatic heterocycles. The summed E-state index contributed by atoms with van der Waals surface area (Å²) in [6.45, 7) is 1.97. The van der Waals surface area contributed by atoms with Gasteiger partial charge in [-0.3, -0.25) is 0 Å². The Hall–Kier alpha value is -1.15. The predicted molar refractivity (Wildman–Crippen MR) is 69.2 cm³/mol. The maximum atomic E-state index is 13.7. The molecule has 2 rings (SSSR count). The van der Waals surface area contributed by atoms with Crippen molar-refractivity contribution in [2.45, 2.75) is 45.1 Å². The summed E-state index contributed by atoms with van der Waals surface area (Å²) in [6.07, 6.45) is 7.86. The minimum Gasteiger partial charge on any atom is -0.324 e. The molecule has 0 bridgehead atoms. The molecule has 0 amide bonds. The molecule has 2 N–H and O–H groups in total. The molecule has 0 fully saturated rings. The van der Waals surface area contributed by atoms with E-state index >= 15 is 0 Å². The second-order valence-corrected chi connectivity index (χ2v) is 4.94. The van der Waals surface area contributed by atoms with Gasteiger partial charge in [0, 0.05) is 11.6 Å². The first-order chi connectivity index (χ1) is 8.16. The van der Waals surface area contributed by atoms with Crippen molar-refractivity contribution in [1.82, 2.24) is 0 Å². The number of hydrogen-bond acceptors (Lipinski definition) is 1. The largest absolute Gasteiger partial charge is 0.324 e. The highest BCUT2D eigenvalue weighted by Crippen LogP contribution is 2.27. The average Bonchev–Trinajstić information content (AvgIpc) is 2.33. The predicted octanol–water partition coefficient (Wildman–Crippen LogP) is 4.02. The third-order valence-electron chi connectivity index (χ3n) is 3.42. The Morgan fingerprint density at radius 1 is 1.35 bits per heavy atom. The van der Waals surface area contributed by atoms with Crippen molar-refractivity contribution in [1.29, 1.82) is 0 Å². The molecular formula is C15H20FN. The lowest BCUT2D eigenvalue weighted by Gasteiger charge is -2.18. The second-order valence-electron chi connectivity index (χ2n) is 4.94. The maximum Gasteiger partial charge on any atom is 0.128 e. The number of benzene rings is 1. The van der Waals surface area contributed by atoms with Gasteiger partial charge in [0.05, 0.1) is 0 Å². The minimum absolute atomic E-state index is 0.181. The van der Waals surface area contributed by atoms with E-state index in [1.165, 1.54) is 24.5 Å². The zero-order valence-electron chi connectivity index (χ0n) is 10.4. The second kappa shape index (κ2) is 5.46.